The third-order valence-electron chi connectivity index (χ3n) is 4.87. The van der Waals surface area contributed by atoms with Crippen molar-refractivity contribution in [1.82, 2.24) is 15.2 Å². The van der Waals surface area contributed by atoms with Crippen LogP contribution in [-0.2, 0) is 6.54 Å². The first-order valence-corrected chi connectivity index (χ1v) is 8.42. The van der Waals surface area contributed by atoms with E-state index in [1.54, 1.807) is 0 Å². The van der Waals surface area contributed by atoms with Crippen LogP contribution in [0.3, 0.4) is 0 Å². The fourth-order valence-corrected chi connectivity index (χ4v) is 3.59. The van der Waals surface area contributed by atoms with E-state index in [2.05, 4.69) is 42.2 Å². The van der Waals surface area contributed by atoms with Crippen LogP contribution in [0.25, 0.3) is 0 Å². The van der Waals surface area contributed by atoms with Gasteiger partial charge in [0.05, 0.1) is 0 Å². The van der Waals surface area contributed by atoms with Crippen LogP contribution < -0.4 is 5.32 Å². The minimum absolute atomic E-state index is 0.458. The number of nitrogens with zero attached hydrogens (tertiary/aromatic N) is 2. The second-order valence-electron chi connectivity index (χ2n) is 7.00. The maximum Gasteiger partial charge on any atom is 0.0312 e. The summed E-state index contributed by atoms with van der Waals surface area (Å²) in [5, 5.41) is 3.60. The summed E-state index contributed by atoms with van der Waals surface area (Å²) in [6.45, 7) is 9.02. The van der Waals surface area contributed by atoms with Crippen molar-refractivity contribution in [1.29, 1.82) is 0 Å². The Balaban J connectivity index is 1.94. The van der Waals surface area contributed by atoms with E-state index in [0.29, 0.717) is 5.41 Å². The summed E-state index contributed by atoms with van der Waals surface area (Å²) < 4.78 is 0. The molecule has 1 aliphatic carbocycles. The van der Waals surface area contributed by atoms with E-state index in [-0.39, 0.29) is 0 Å². The normalized spacial score (nSPS) is 26.2. The van der Waals surface area contributed by atoms with E-state index in [9.17, 15) is 0 Å². The monoisotopic (exact) mass is 289 g/mol. The van der Waals surface area contributed by atoms with Gasteiger partial charge in [0, 0.05) is 32.0 Å². The largest absolute Gasteiger partial charge is 0.316 e. The molecule has 1 heterocycles. The quantitative estimate of drug-likeness (QED) is 0.834. The summed E-state index contributed by atoms with van der Waals surface area (Å²) in [6, 6.07) is 4.20. The van der Waals surface area contributed by atoms with Crippen molar-refractivity contribution in [2.75, 3.05) is 26.7 Å². The summed E-state index contributed by atoms with van der Waals surface area (Å²) in [7, 11) is 2.25. The van der Waals surface area contributed by atoms with E-state index in [0.717, 1.165) is 25.6 Å². The van der Waals surface area contributed by atoms with Gasteiger partial charge < -0.3 is 10.2 Å². The van der Waals surface area contributed by atoms with Crippen LogP contribution in [0, 0.1) is 11.3 Å². The van der Waals surface area contributed by atoms with Gasteiger partial charge in [-0.25, -0.2) is 0 Å². The average Bonchev–Trinajstić information content (AvgIpc) is 2.49. The molecule has 21 heavy (non-hydrogen) atoms. The standard InChI is InChI=1S/C18H31N3/c1-4-19-14-18(9-7-16(2)8-10-18)15-21(3)13-17-6-5-11-20-12-17/h5-6,11-12,16,19H,4,7-10,13-15H2,1-3H3. The molecule has 1 aromatic heterocycles. The van der Waals surface area contributed by atoms with Crippen molar-refractivity contribution in [3.8, 4) is 0 Å². The molecule has 0 unspecified atom stereocenters. The Bertz CT molecular complexity index is 391. The van der Waals surface area contributed by atoms with Crippen LogP contribution in [0.1, 0.15) is 45.1 Å². The molecule has 0 radical (unpaired) electrons. The highest BCUT2D eigenvalue weighted by molar-refractivity contribution is 5.08. The Labute approximate surface area is 130 Å². The topological polar surface area (TPSA) is 28.2 Å². The highest BCUT2D eigenvalue weighted by atomic mass is 15.1. The highest BCUT2D eigenvalue weighted by Gasteiger charge is 2.34. The Morgan fingerprint density at radius 2 is 2.14 bits per heavy atom. The van der Waals surface area contributed by atoms with Gasteiger partial charge >= 0.3 is 0 Å². The molecule has 1 aromatic rings. The summed E-state index contributed by atoms with van der Waals surface area (Å²) in [4.78, 5) is 6.70. The van der Waals surface area contributed by atoms with Gasteiger partial charge in [0.25, 0.3) is 0 Å². The van der Waals surface area contributed by atoms with Gasteiger partial charge in [0.15, 0.2) is 0 Å². The molecule has 0 spiro atoms. The molecule has 1 aliphatic rings. The Morgan fingerprint density at radius 3 is 2.76 bits per heavy atom. The van der Waals surface area contributed by atoms with Crippen LogP contribution in [-0.4, -0.2) is 36.6 Å². The molecule has 2 rings (SSSR count). The fourth-order valence-electron chi connectivity index (χ4n) is 3.59. The molecule has 0 amide bonds. The van der Waals surface area contributed by atoms with Gasteiger partial charge in [0.1, 0.15) is 0 Å². The first kappa shape index (κ1) is 16.4. The maximum atomic E-state index is 4.22. The lowest BCUT2D eigenvalue weighted by Gasteiger charge is -2.42. The van der Waals surface area contributed by atoms with Crippen molar-refractivity contribution >= 4 is 0 Å². The Kier molecular flexibility index (Phi) is 6.19. The smallest absolute Gasteiger partial charge is 0.0312 e. The molecule has 0 saturated heterocycles. The Hall–Kier alpha value is -0.930. The van der Waals surface area contributed by atoms with Gasteiger partial charge in [-0.05, 0) is 49.4 Å². The zero-order chi connectivity index (χ0) is 15.1. The SMILES string of the molecule is CCNCC1(CN(C)Cc2cccnc2)CCC(C)CC1. The second-order valence-corrected chi connectivity index (χ2v) is 7.00. The summed E-state index contributed by atoms with van der Waals surface area (Å²) in [5.41, 5.74) is 1.77. The number of nitrogens with one attached hydrogen (secondary N) is 1. The van der Waals surface area contributed by atoms with E-state index in [1.165, 1.54) is 37.8 Å². The number of rotatable bonds is 7. The van der Waals surface area contributed by atoms with Gasteiger partial charge in [0.2, 0.25) is 0 Å². The summed E-state index contributed by atoms with van der Waals surface area (Å²) >= 11 is 0. The average molecular weight is 289 g/mol. The van der Waals surface area contributed by atoms with Crippen LogP contribution in [0.2, 0.25) is 0 Å². The molecule has 0 aliphatic heterocycles. The molecule has 118 valence electrons. The molecule has 1 N–H and O–H groups in total. The molecule has 3 nitrogen and oxygen atoms in total. The minimum Gasteiger partial charge on any atom is -0.316 e. The molecular formula is C18H31N3. The van der Waals surface area contributed by atoms with E-state index in [1.807, 2.05) is 18.5 Å². The molecule has 1 saturated carbocycles. The summed E-state index contributed by atoms with van der Waals surface area (Å²) in [6.07, 6.45) is 9.31. The van der Waals surface area contributed by atoms with Crippen LogP contribution in [0.15, 0.2) is 24.5 Å². The van der Waals surface area contributed by atoms with Crippen molar-refractivity contribution in [3.05, 3.63) is 30.1 Å². The predicted octanol–water partition coefficient (Wildman–Crippen LogP) is 3.32. The molecule has 0 aromatic carbocycles. The lowest BCUT2D eigenvalue weighted by atomic mass is 9.70. The lowest BCUT2D eigenvalue weighted by Crippen LogP contribution is -2.45. The van der Waals surface area contributed by atoms with Gasteiger partial charge in [-0.1, -0.05) is 32.8 Å². The number of hydrogen-bond donors (Lipinski definition) is 1. The van der Waals surface area contributed by atoms with Crippen molar-refractivity contribution in [3.63, 3.8) is 0 Å². The number of pyridine rings is 1. The predicted molar refractivity (Wildman–Crippen MR) is 89.2 cm³/mol. The molecule has 3 heteroatoms. The van der Waals surface area contributed by atoms with Crippen molar-refractivity contribution in [2.45, 2.75) is 46.1 Å². The molecule has 0 atom stereocenters. The molecule has 1 fully saturated rings. The number of aromatic nitrogens is 1. The van der Waals surface area contributed by atoms with E-state index in [4.69, 9.17) is 0 Å². The minimum atomic E-state index is 0.458. The lowest BCUT2D eigenvalue weighted by molar-refractivity contribution is 0.0963. The summed E-state index contributed by atoms with van der Waals surface area (Å²) in [5.74, 6) is 0.906. The molecule has 0 bridgehead atoms. The third-order valence-corrected chi connectivity index (χ3v) is 4.87. The molecular weight excluding hydrogens is 258 g/mol. The highest BCUT2D eigenvalue weighted by Crippen LogP contribution is 2.39. The first-order chi connectivity index (χ1) is 10.1. The van der Waals surface area contributed by atoms with Crippen molar-refractivity contribution in [2.24, 2.45) is 11.3 Å². The van der Waals surface area contributed by atoms with Gasteiger partial charge in [-0.3, -0.25) is 4.98 Å². The maximum absolute atomic E-state index is 4.22. The third kappa shape index (κ3) is 5.08. The Morgan fingerprint density at radius 1 is 1.38 bits per heavy atom. The second kappa shape index (κ2) is 7.90. The van der Waals surface area contributed by atoms with E-state index >= 15 is 0 Å². The fraction of sp³-hybridized carbons (Fsp3) is 0.722. The van der Waals surface area contributed by atoms with Crippen molar-refractivity contribution < 1.29 is 0 Å². The van der Waals surface area contributed by atoms with E-state index < -0.39 is 0 Å². The zero-order valence-corrected chi connectivity index (χ0v) is 13.9. The van der Waals surface area contributed by atoms with Crippen LogP contribution in [0.5, 0.6) is 0 Å². The first-order valence-electron chi connectivity index (χ1n) is 8.42. The van der Waals surface area contributed by atoms with Crippen LogP contribution >= 0.6 is 0 Å². The van der Waals surface area contributed by atoms with Gasteiger partial charge in [-0.15, -0.1) is 0 Å². The number of hydrogen-bond acceptors (Lipinski definition) is 3. The van der Waals surface area contributed by atoms with Gasteiger partial charge in [-0.2, -0.15) is 0 Å². The zero-order valence-electron chi connectivity index (χ0n) is 13.9. The van der Waals surface area contributed by atoms with Crippen LogP contribution in [0.4, 0.5) is 0 Å².